The van der Waals surface area contributed by atoms with Crippen molar-refractivity contribution < 1.29 is 9.53 Å². The van der Waals surface area contributed by atoms with Gasteiger partial charge in [-0.15, -0.1) is 0 Å². The summed E-state index contributed by atoms with van der Waals surface area (Å²) in [5.74, 6) is 0.0495. The molecule has 1 unspecified atom stereocenters. The van der Waals surface area contributed by atoms with Gasteiger partial charge in [0.1, 0.15) is 0 Å². The average Bonchev–Trinajstić information content (AvgIpc) is 2.60. The molecule has 0 aliphatic carbocycles. The zero-order chi connectivity index (χ0) is 16.1. The predicted molar refractivity (Wildman–Crippen MR) is 92.8 cm³/mol. The third kappa shape index (κ3) is 4.25. The van der Waals surface area contributed by atoms with Crippen LogP contribution in [0.5, 0.6) is 0 Å². The molecule has 126 valence electrons. The van der Waals surface area contributed by atoms with Gasteiger partial charge >= 0.3 is 5.97 Å². The van der Waals surface area contributed by atoms with E-state index in [1.807, 2.05) is 6.92 Å². The van der Waals surface area contributed by atoms with Gasteiger partial charge in [0.25, 0.3) is 0 Å². The second-order valence-electron chi connectivity index (χ2n) is 6.66. The first-order valence-corrected chi connectivity index (χ1v) is 9.01. The number of anilines is 1. The molecule has 2 aliphatic heterocycles. The van der Waals surface area contributed by atoms with Crippen molar-refractivity contribution in [3.63, 3.8) is 0 Å². The molecule has 1 saturated heterocycles. The number of carbonyl (C=O) groups excluding carboxylic acids is 1. The van der Waals surface area contributed by atoms with Crippen molar-refractivity contribution in [2.45, 2.75) is 39.0 Å². The summed E-state index contributed by atoms with van der Waals surface area (Å²) in [7, 11) is 0. The minimum Gasteiger partial charge on any atom is -0.466 e. The van der Waals surface area contributed by atoms with Crippen LogP contribution in [0.2, 0.25) is 0 Å². The summed E-state index contributed by atoms with van der Waals surface area (Å²) in [6.07, 6.45) is 5.54. The van der Waals surface area contributed by atoms with Crippen molar-refractivity contribution >= 4 is 11.7 Å². The lowest BCUT2D eigenvalue weighted by molar-refractivity contribution is -0.149. The number of rotatable bonds is 5. The molecule has 1 aromatic rings. The minimum absolute atomic E-state index is 0.0166. The molecule has 2 heterocycles. The highest BCUT2D eigenvalue weighted by atomic mass is 16.5. The van der Waals surface area contributed by atoms with Crippen LogP contribution in [-0.2, 0) is 22.4 Å². The van der Waals surface area contributed by atoms with Crippen LogP contribution in [-0.4, -0.2) is 43.7 Å². The summed E-state index contributed by atoms with van der Waals surface area (Å²) in [5, 5.41) is 3.46. The van der Waals surface area contributed by atoms with E-state index in [-0.39, 0.29) is 11.9 Å². The van der Waals surface area contributed by atoms with E-state index in [1.54, 1.807) is 0 Å². The molecule has 23 heavy (non-hydrogen) atoms. The van der Waals surface area contributed by atoms with Gasteiger partial charge in [-0.2, -0.15) is 0 Å². The number of aryl methyl sites for hydroxylation is 1. The highest BCUT2D eigenvalue weighted by Gasteiger charge is 2.26. The second kappa shape index (κ2) is 7.82. The molecule has 1 atom stereocenters. The third-order valence-corrected chi connectivity index (χ3v) is 4.95. The van der Waals surface area contributed by atoms with E-state index in [1.165, 1.54) is 29.7 Å². The lowest BCUT2D eigenvalue weighted by Crippen LogP contribution is -2.40. The van der Waals surface area contributed by atoms with Gasteiger partial charge < -0.3 is 15.0 Å². The maximum atomic E-state index is 11.9. The summed E-state index contributed by atoms with van der Waals surface area (Å²) in [6, 6.07) is 6.82. The number of carbonyl (C=O) groups is 1. The molecule has 0 aromatic heterocycles. The molecule has 4 heteroatoms. The Bertz CT molecular complexity index is 544. The highest BCUT2D eigenvalue weighted by Crippen LogP contribution is 2.24. The molecule has 0 bridgehead atoms. The standard InChI is InChI=1S/C19H28N2O2/c1-2-23-19(22)17-6-4-11-21(14-17)12-9-15-7-8-18-16(13-15)5-3-10-20-18/h7-8,13,17,20H,2-6,9-12,14H2,1H3. The molecule has 1 N–H and O–H groups in total. The fourth-order valence-electron chi connectivity index (χ4n) is 3.68. The van der Waals surface area contributed by atoms with E-state index < -0.39 is 0 Å². The van der Waals surface area contributed by atoms with E-state index in [4.69, 9.17) is 4.74 Å². The van der Waals surface area contributed by atoms with Crippen molar-refractivity contribution in [1.29, 1.82) is 0 Å². The van der Waals surface area contributed by atoms with Gasteiger partial charge in [-0.25, -0.2) is 0 Å². The number of piperidine rings is 1. The Morgan fingerprint density at radius 2 is 2.30 bits per heavy atom. The van der Waals surface area contributed by atoms with Gasteiger partial charge in [0.2, 0.25) is 0 Å². The average molecular weight is 316 g/mol. The van der Waals surface area contributed by atoms with Crippen LogP contribution in [0.4, 0.5) is 5.69 Å². The number of hydrogen-bond acceptors (Lipinski definition) is 4. The van der Waals surface area contributed by atoms with Gasteiger partial charge in [0.15, 0.2) is 0 Å². The van der Waals surface area contributed by atoms with Gasteiger partial charge in [0, 0.05) is 25.3 Å². The van der Waals surface area contributed by atoms with Crippen molar-refractivity contribution in [2.75, 3.05) is 38.1 Å². The van der Waals surface area contributed by atoms with Crippen LogP contribution in [0.1, 0.15) is 37.3 Å². The Kier molecular flexibility index (Phi) is 5.55. The lowest BCUT2D eigenvalue weighted by atomic mass is 9.97. The Hall–Kier alpha value is -1.55. The van der Waals surface area contributed by atoms with Crippen LogP contribution in [0.25, 0.3) is 0 Å². The van der Waals surface area contributed by atoms with Gasteiger partial charge in [-0.05, 0) is 62.8 Å². The largest absolute Gasteiger partial charge is 0.466 e. The van der Waals surface area contributed by atoms with Crippen molar-refractivity contribution in [3.8, 4) is 0 Å². The fourth-order valence-corrected chi connectivity index (χ4v) is 3.68. The normalized spacial score (nSPS) is 21.3. The number of esters is 1. The number of fused-ring (bicyclic) bond motifs is 1. The quantitative estimate of drug-likeness (QED) is 0.848. The molecule has 0 saturated carbocycles. The van der Waals surface area contributed by atoms with Crippen LogP contribution in [0.15, 0.2) is 18.2 Å². The minimum atomic E-state index is -0.0166. The number of nitrogens with one attached hydrogen (secondary N) is 1. The number of ether oxygens (including phenoxy) is 1. The van der Waals surface area contributed by atoms with E-state index in [0.717, 1.165) is 45.4 Å². The molecule has 0 amide bonds. The Morgan fingerprint density at radius 3 is 3.17 bits per heavy atom. The first-order chi connectivity index (χ1) is 11.3. The molecular weight excluding hydrogens is 288 g/mol. The summed E-state index contributed by atoms with van der Waals surface area (Å²) >= 11 is 0. The predicted octanol–water partition coefficient (Wildman–Crippen LogP) is 2.86. The third-order valence-electron chi connectivity index (χ3n) is 4.95. The van der Waals surface area contributed by atoms with E-state index in [9.17, 15) is 4.79 Å². The summed E-state index contributed by atoms with van der Waals surface area (Å²) < 4.78 is 5.18. The summed E-state index contributed by atoms with van der Waals surface area (Å²) in [4.78, 5) is 14.3. The molecule has 0 spiro atoms. The van der Waals surface area contributed by atoms with Crippen molar-refractivity contribution in [2.24, 2.45) is 5.92 Å². The number of benzene rings is 1. The van der Waals surface area contributed by atoms with Gasteiger partial charge in [0.05, 0.1) is 12.5 Å². The SMILES string of the molecule is CCOC(=O)C1CCCN(CCc2ccc3c(c2)CCCN3)C1. The maximum Gasteiger partial charge on any atom is 0.310 e. The van der Waals surface area contributed by atoms with Gasteiger partial charge in [-0.3, -0.25) is 4.79 Å². The molecular formula is C19H28N2O2. The second-order valence-corrected chi connectivity index (χ2v) is 6.66. The van der Waals surface area contributed by atoms with Crippen LogP contribution >= 0.6 is 0 Å². The Labute approximate surface area is 139 Å². The van der Waals surface area contributed by atoms with E-state index >= 15 is 0 Å². The fraction of sp³-hybridized carbons (Fsp3) is 0.632. The van der Waals surface area contributed by atoms with Gasteiger partial charge in [-0.1, -0.05) is 12.1 Å². The Balaban J connectivity index is 1.52. The molecule has 0 radical (unpaired) electrons. The van der Waals surface area contributed by atoms with Crippen molar-refractivity contribution in [3.05, 3.63) is 29.3 Å². The molecule has 1 fully saturated rings. The van der Waals surface area contributed by atoms with E-state index in [2.05, 4.69) is 28.4 Å². The molecule has 2 aliphatic rings. The Morgan fingerprint density at radius 1 is 1.39 bits per heavy atom. The summed E-state index contributed by atoms with van der Waals surface area (Å²) in [5.41, 5.74) is 4.17. The van der Waals surface area contributed by atoms with Crippen LogP contribution in [0, 0.1) is 5.92 Å². The van der Waals surface area contributed by atoms with Crippen molar-refractivity contribution in [1.82, 2.24) is 4.90 Å². The molecule has 1 aromatic carbocycles. The molecule has 3 rings (SSSR count). The highest BCUT2D eigenvalue weighted by molar-refractivity contribution is 5.72. The van der Waals surface area contributed by atoms with E-state index in [0.29, 0.717) is 6.61 Å². The first-order valence-electron chi connectivity index (χ1n) is 9.01. The number of likely N-dealkylation sites (tertiary alicyclic amines) is 1. The number of nitrogens with zero attached hydrogens (tertiary/aromatic N) is 1. The first kappa shape index (κ1) is 16.3. The maximum absolute atomic E-state index is 11.9. The monoisotopic (exact) mass is 316 g/mol. The van der Waals surface area contributed by atoms with Crippen LogP contribution < -0.4 is 5.32 Å². The zero-order valence-corrected chi connectivity index (χ0v) is 14.1. The zero-order valence-electron chi connectivity index (χ0n) is 14.1. The lowest BCUT2D eigenvalue weighted by Gasteiger charge is -2.31. The molecule has 4 nitrogen and oxygen atoms in total. The summed E-state index contributed by atoms with van der Waals surface area (Å²) in [6.45, 7) is 6.44. The van der Waals surface area contributed by atoms with Crippen LogP contribution in [0.3, 0.4) is 0 Å². The smallest absolute Gasteiger partial charge is 0.310 e. The topological polar surface area (TPSA) is 41.6 Å². The number of hydrogen-bond donors (Lipinski definition) is 1.